The molecule has 1 heterocycles. The predicted molar refractivity (Wildman–Crippen MR) is 113 cm³/mol. The number of morpholine rings is 1. The average molecular weight is 428 g/mol. The molecule has 1 fully saturated rings. The van der Waals surface area contributed by atoms with Crippen LogP contribution in [0.2, 0.25) is 0 Å². The third kappa shape index (κ3) is 6.00. The van der Waals surface area contributed by atoms with Crippen molar-refractivity contribution in [2.45, 2.75) is 6.04 Å². The van der Waals surface area contributed by atoms with E-state index >= 15 is 0 Å². The molecule has 0 bridgehead atoms. The van der Waals surface area contributed by atoms with Crippen LogP contribution in [0.25, 0.3) is 0 Å². The first-order chi connectivity index (χ1) is 15.0. The van der Waals surface area contributed by atoms with Crippen molar-refractivity contribution >= 4 is 23.2 Å². The summed E-state index contributed by atoms with van der Waals surface area (Å²) in [7, 11) is 1.59. The van der Waals surface area contributed by atoms with Crippen molar-refractivity contribution in [1.29, 1.82) is 0 Å². The number of nitro benzene ring substituents is 1. The number of hydrogen-bond donors (Lipinski definition) is 2. The molecule has 1 atom stereocenters. The van der Waals surface area contributed by atoms with Crippen molar-refractivity contribution < 1.29 is 24.0 Å². The summed E-state index contributed by atoms with van der Waals surface area (Å²) >= 11 is 0. The summed E-state index contributed by atoms with van der Waals surface area (Å²) in [6.45, 7) is 2.81. The van der Waals surface area contributed by atoms with Crippen molar-refractivity contribution in [1.82, 2.24) is 10.2 Å². The highest BCUT2D eigenvalue weighted by molar-refractivity contribution is 6.39. The Balaban J connectivity index is 1.64. The fraction of sp³-hybridized carbons (Fsp3) is 0.333. The van der Waals surface area contributed by atoms with Crippen LogP contribution in [-0.4, -0.2) is 61.6 Å². The SMILES string of the molecule is COc1cccc([C@H](CNC(=O)C(=O)Nc2ccc([N+](=O)[O-])cc2)N2CCOCC2)c1. The van der Waals surface area contributed by atoms with Gasteiger partial charge in [-0.05, 0) is 29.8 Å². The van der Waals surface area contributed by atoms with Crippen LogP contribution in [0, 0.1) is 10.1 Å². The topological polar surface area (TPSA) is 123 Å². The predicted octanol–water partition coefficient (Wildman–Crippen LogP) is 1.73. The van der Waals surface area contributed by atoms with Gasteiger partial charge in [0.15, 0.2) is 0 Å². The molecule has 2 N–H and O–H groups in total. The molecule has 10 heteroatoms. The minimum atomic E-state index is -0.847. The van der Waals surface area contributed by atoms with Crippen LogP contribution in [0.15, 0.2) is 48.5 Å². The first kappa shape index (κ1) is 22.2. The lowest BCUT2D eigenvalue weighted by Crippen LogP contribution is -2.45. The second-order valence-corrected chi connectivity index (χ2v) is 6.91. The number of rotatable bonds is 7. The molecule has 0 unspecified atom stereocenters. The zero-order valence-electron chi connectivity index (χ0n) is 17.1. The average Bonchev–Trinajstić information content (AvgIpc) is 2.80. The van der Waals surface area contributed by atoms with Crippen LogP contribution in [0.3, 0.4) is 0 Å². The van der Waals surface area contributed by atoms with E-state index in [1.54, 1.807) is 7.11 Å². The molecule has 1 aliphatic rings. The second kappa shape index (κ2) is 10.5. The summed E-state index contributed by atoms with van der Waals surface area (Å²) in [5.41, 5.74) is 1.15. The molecule has 0 spiro atoms. The largest absolute Gasteiger partial charge is 0.497 e. The van der Waals surface area contributed by atoms with Gasteiger partial charge in [-0.15, -0.1) is 0 Å². The van der Waals surface area contributed by atoms with Gasteiger partial charge in [0.1, 0.15) is 5.75 Å². The van der Waals surface area contributed by atoms with Gasteiger partial charge >= 0.3 is 11.8 Å². The first-order valence-corrected chi connectivity index (χ1v) is 9.77. The molecule has 3 rings (SSSR count). The standard InChI is InChI=1S/C21H24N4O6/c1-30-18-4-2-3-15(13-18)19(24-9-11-31-12-10-24)14-22-20(26)21(27)23-16-5-7-17(8-6-16)25(28)29/h2-8,13,19H,9-12,14H2,1H3,(H,22,26)(H,23,27)/t19-/m0/s1. The van der Waals surface area contributed by atoms with Crippen LogP contribution in [-0.2, 0) is 14.3 Å². The summed E-state index contributed by atoms with van der Waals surface area (Å²) < 4.78 is 10.7. The number of amides is 2. The van der Waals surface area contributed by atoms with Gasteiger partial charge in [-0.25, -0.2) is 0 Å². The molecule has 164 valence electrons. The maximum atomic E-state index is 12.4. The number of carbonyl (C=O) groups is 2. The van der Waals surface area contributed by atoms with Crippen LogP contribution < -0.4 is 15.4 Å². The summed E-state index contributed by atoms with van der Waals surface area (Å²) in [6.07, 6.45) is 0. The number of nitrogens with zero attached hydrogens (tertiary/aromatic N) is 2. The summed E-state index contributed by atoms with van der Waals surface area (Å²) in [5, 5.41) is 15.8. The van der Waals surface area contributed by atoms with Crippen molar-refractivity contribution in [3.8, 4) is 5.75 Å². The Morgan fingerprint density at radius 1 is 1.16 bits per heavy atom. The third-order valence-corrected chi connectivity index (χ3v) is 4.96. The molecule has 0 aliphatic carbocycles. The lowest BCUT2D eigenvalue weighted by atomic mass is 10.0. The zero-order valence-corrected chi connectivity index (χ0v) is 17.1. The Morgan fingerprint density at radius 3 is 2.52 bits per heavy atom. The van der Waals surface area contributed by atoms with Crippen LogP contribution in [0.4, 0.5) is 11.4 Å². The number of benzene rings is 2. The number of methoxy groups -OCH3 is 1. The van der Waals surface area contributed by atoms with Crippen LogP contribution in [0.5, 0.6) is 5.75 Å². The van der Waals surface area contributed by atoms with Gasteiger partial charge in [0.25, 0.3) is 5.69 Å². The summed E-state index contributed by atoms with van der Waals surface area (Å²) in [6, 6.07) is 12.7. The highest BCUT2D eigenvalue weighted by atomic mass is 16.6. The fourth-order valence-electron chi connectivity index (χ4n) is 3.32. The first-order valence-electron chi connectivity index (χ1n) is 9.77. The van der Waals surface area contributed by atoms with Crippen LogP contribution >= 0.6 is 0 Å². The molecule has 10 nitrogen and oxygen atoms in total. The number of ether oxygens (including phenoxy) is 2. The highest BCUT2D eigenvalue weighted by Gasteiger charge is 2.25. The normalized spacial score (nSPS) is 15.0. The minimum absolute atomic E-state index is 0.103. The Kier molecular flexibility index (Phi) is 7.52. The number of carbonyl (C=O) groups excluding carboxylic acids is 2. The molecule has 2 amide bonds. The molecule has 2 aromatic carbocycles. The molecule has 1 aliphatic heterocycles. The summed E-state index contributed by atoms with van der Waals surface area (Å²) in [5.74, 6) is -0.933. The smallest absolute Gasteiger partial charge is 0.313 e. The van der Waals surface area contributed by atoms with E-state index in [1.807, 2.05) is 24.3 Å². The number of nitro groups is 1. The van der Waals surface area contributed by atoms with Crippen molar-refractivity contribution in [3.63, 3.8) is 0 Å². The molecule has 31 heavy (non-hydrogen) atoms. The van der Waals surface area contributed by atoms with E-state index < -0.39 is 16.7 Å². The second-order valence-electron chi connectivity index (χ2n) is 6.91. The lowest BCUT2D eigenvalue weighted by molar-refractivity contribution is -0.384. The van der Waals surface area contributed by atoms with E-state index in [2.05, 4.69) is 15.5 Å². The quantitative estimate of drug-likeness (QED) is 0.391. The van der Waals surface area contributed by atoms with Crippen molar-refractivity contribution in [2.24, 2.45) is 0 Å². The maximum Gasteiger partial charge on any atom is 0.313 e. The maximum absolute atomic E-state index is 12.4. The van der Waals surface area contributed by atoms with Gasteiger partial charge in [0.05, 0.1) is 31.3 Å². The Hall–Kier alpha value is -3.50. The zero-order chi connectivity index (χ0) is 22.2. The van der Waals surface area contributed by atoms with Crippen molar-refractivity contribution in [2.75, 3.05) is 45.3 Å². The fourth-order valence-corrected chi connectivity index (χ4v) is 3.32. The Labute approximate surface area is 179 Å². The highest BCUT2D eigenvalue weighted by Crippen LogP contribution is 2.25. The molecule has 1 saturated heterocycles. The minimum Gasteiger partial charge on any atom is -0.497 e. The van der Waals surface area contributed by atoms with E-state index in [1.165, 1.54) is 24.3 Å². The molecule has 2 aromatic rings. The van der Waals surface area contributed by atoms with E-state index in [0.29, 0.717) is 37.7 Å². The number of nitrogens with one attached hydrogen (secondary N) is 2. The Morgan fingerprint density at radius 2 is 1.87 bits per heavy atom. The molecule has 0 radical (unpaired) electrons. The number of non-ortho nitro benzene ring substituents is 1. The number of anilines is 1. The van der Waals surface area contributed by atoms with Gasteiger partial charge in [0, 0.05) is 37.5 Å². The number of hydrogen-bond acceptors (Lipinski definition) is 7. The van der Waals surface area contributed by atoms with Crippen molar-refractivity contribution in [3.05, 3.63) is 64.2 Å². The van der Waals surface area contributed by atoms with Gasteiger partial charge in [-0.1, -0.05) is 12.1 Å². The molecule has 0 aromatic heterocycles. The Bertz CT molecular complexity index is 928. The van der Waals surface area contributed by atoms with E-state index in [0.717, 1.165) is 5.56 Å². The monoisotopic (exact) mass is 428 g/mol. The van der Waals surface area contributed by atoms with Gasteiger partial charge in [-0.3, -0.25) is 24.6 Å². The third-order valence-electron chi connectivity index (χ3n) is 4.96. The molecular weight excluding hydrogens is 404 g/mol. The van der Waals surface area contributed by atoms with Crippen LogP contribution in [0.1, 0.15) is 11.6 Å². The van der Waals surface area contributed by atoms with E-state index in [9.17, 15) is 19.7 Å². The van der Waals surface area contributed by atoms with Gasteiger partial charge < -0.3 is 20.1 Å². The van der Waals surface area contributed by atoms with E-state index in [4.69, 9.17) is 9.47 Å². The summed E-state index contributed by atoms with van der Waals surface area (Å²) in [4.78, 5) is 37.0. The van der Waals surface area contributed by atoms with E-state index in [-0.39, 0.29) is 18.3 Å². The molecule has 0 saturated carbocycles. The molecular formula is C21H24N4O6. The van der Waals surface area contributed by atoms with Gasteiger partial charge in [-0.2, -0.15) is 0 Å². The van der Waals surface area contributed by atoms with Gasteiger partial charge in [0.2, 0.25) is 0 Å². The lowest BCUT2D eigenvalue weighted by Gasteiger charge is -2.35.